The van der Waals surface area contributed by atoms with E-state index in [0.717, 1.165) is 73.9 Å². The molecule has 0 spiro atoms. The number of benzene rings is 1. The Bertz CT molecular complexity index is 1510. The fraction of sp³-hybridized carbons (Fsp3) is 0.533. The van der Waals surface area contributed by atoms with Gasteiger partial charge in [0.2, 0.25) is 5.95 Å². The molecule has 204 valence electrons. The van der Waals surface area contributed by atoms with Crippen LogP contribution in [0.5, 0.6) is 5.75 Å². The molecule has 0 unspecified atom stereocenters. The molecule has 1 saturated heterocycles. The van der Waals surface area contributed by atoms with Crippen molar-refractivity contribution < 1.29 is 9.53 Å². The summed E-state index contributed by atoms with van der Waals surface area (Å²) < 4.78 is 8.00. The van der Waals surface area contributed by atoms with Gasteiger partial charge in [-0.25, -0.2) is 4.98 Å². The van der Waals surface area contributed by atoms with Gasteiger partial charge in [-0.3, -0.25) is 19.1 Å². The van der Waals surface area contributed by atoms with E-state index in [4.69, 9.17) is 9.72 Å². The lowest BCUT2D eigenvalue weighted by Gasteiger charge is -2.49. The molecule has 9 heteroatoms. The number of hydrogen-bond donors (Lipinski definition) is 1. The van der Waals surface area contributed by atoms with Crippen LogP contribution in [-0.2, 0) is 0 Å². The van der Waals surface area contributed by atoms with E-state index in [1.54, 1.807) is 10.8 Å². The number of ketones is 1. The van der Waals surface area contributed by atoms with Crippen molar-refractivity contribution in [1.29, 1.82) is 0 Å². The predicted octanol–water partition coefficient (Wildman–Crippen LogP) is 4.60. The summed E-state index contributed by atoms with van der Waals surface area (Å²) in [7, 11) is 0. The molecule has 2 saturated carbocycles. The number of Topliss-reactive ketones (excluding diaryl/α,β-unsaturated/α-hetero) is 1. The van der Waals surface area contributed by atoms with Gasteiger partial charge in [-0.2, -0.15) is 4.98 Å². The standard InChI is InChI=1S/C30H36N6O3/c1-18-24-15-31-30(33-28(24)36(22-6-3-4-7-22)29(38)27(18)19(2)37)32-20-10-11-25-26(14-20)39-17-23-16-34(12-13-35(23)25)21-8-5-9-21/h10-11,14-15,21-23H,3-9,12-13,16-17H2,1-2H3,(H,31,32,33)/t23-/m1/s1. The number of piperazine rings is 1. The minimum Gasteiger partial charge on any atom is -0.489 e. The van der Waals surface area contributed by atoms with Crippen LogP contribution in [-0.4, -0.2) is 63.5 Å². The van der Waals surface area contributed by atoms with E-state index in [2.05, 4.69) is 26.2 Å². The van der Waals surface area contributed by atoms with E-state index in [0.29, 0.717) is 29.8 Å². The minimum absolute atomic E-state index is 0.0521. The number of nitrogens with one attached hydrogen (secondary N) is 1. The zero-order chi connectivity index (χ0) is 26.7. The van der Waals surface area contributed by atoms with Crippen molar-refractivity contribution in [3.8, 4) is 5.75 Å². The number of fused-ring (bicyclic) bond motifs is 4. The van der Waals surface area contributed by atoms with Crippen LogP contribution in [0.1, 0.15) is 73.8 Å². The van der Waals surface area contributed by atoms with Crippen LogP contribution in [0.2, 0.25) is 0 Å². The second-order valence-electron chi connectivity index (χ2n) is 11.6. The lowest BCUT2D eigenvalue weighted by molar-refractivity contribution is 0.0862. The molecule has 4 heterocycles. The molecule has 0 radical (unpaired) electrons. The molecular formula is C30H36N6O3. The fourth-order valence-corrected chi connectivity index (χ4v) is 6.99. The van der Waals surface area contributed by atoms with Crippen LogP contribution < -0.4 is 20.5 Å². The molecular weight excluding hydrogens is 492 g/mol. The normalized spacial score (nSPS) is 21.8. The molecule has 1 N–H and O–H groups in total. The first-order valence-electron chi connectivity index (χ1n) is 14.5. The number of aromatic nitrogens is 3. The van der Waals surface area contributed by atoms with Crippen molar-refractivity contribution in [3.63, 3.8) is 0 Å². The summed E-state index contributed by atoms with van der Waals surface area (Å²) in [5.41, 5.74) is 3.24. The first-order valence-corrected chi connectivity index (χ1v) is 14.5. The van der Waals surface area contributed by atoms with Crippen molar-refractivity contribution in [1.82, 2.24) is 19.4 Å². The number of hydrogen-bond acceptors (Lipinski definition) is 8. The molecule has 2 aliphatic carbocycles. The molecule has 1 atom stereocenters. The molecule has 9 nitrogen and oxygen atoms in total. The second-order valence-corrected chi connectivity index (χ2v) is 11.6. The number of anilines is 3. The number of ether oxygens (including phenoxy) is 1. The molecule has 4 aliphatic rings. The van der Waals surface area contributed by atoms with Crippen molar-refractivity contribution in [2.45, 2.75) is 76.9 Å². The van der Waals surface area contributed by atoms with E-state index in [1.165, 1.54) is 26.2 Å². The van der Waals surface area contributed by atoms with E-state index >= 15 is 0 Å². The topological polar surface area (TPSA) is 92.6 Å². The molecule has 0 bridgehead atoms. The second kappa shape index (κ2) is 9.62. The molecule has 7 rings (SSSR count). The van der Waals surface area contributed by atoms with E-state index in [1.807, 2.05) is 19.1 Å². The maximum Gasteiger partial charge on any atom is 0.263 e. The number of carbonyl (C=O) groups excluding carboxylic acids is 1. The summed E-state index contributed by atoms with van der Waals surface area (Å²) >= 11 is 0. The largest absolute Gasteiger partial charge is 0.489 e. The number of nitrogens with zero attached hydrogens (tertiary/aromatic N) is 5. The van der Waals surface area contributed by atoms with Gasteiger partial charge < -0.3 is 15.0 Å². The Morgan fingerprint density at radius 2 is 1.85 bits per heavy atom. The zero-order valence-electron chi connectivity index (χ0n) is 22.8. The number of rotatable bonds is 5. The Hall–Kier alpha value is -3.46. The van der Waals surface area contributed by atoms with Gasteiger partial charge in [-0.1, -0.05) is 19.3 Å². The van der Waals surface area contributed by atoms with Gasteiger partial charge in [0.25, 0.3) is 5.56 Å². The third-order valence-corrected chi connectivity index (χ3v) is 9.31. The van der Waals surface area contributed by atoms with E-state index < -0.39 is 0 Å². The summed E-state index contributed by atoms with van der Waals surface area (Å²) in [6, 6.07) is 7.41. The van der Waals surface area contributed by atoms with Gasteiger partial charge in [0.15, 0.2) is 5.78 Å². The summed E-state index contributed by atoms with van der Waals surface area (Å²) in [6.07, 6.45) is 9.75. The van der Waals surface area contributed by atoms with Gasteiger partial charge in [-0.05, 0) is 57.2 Å². The highest BCUT2D eigenvalue weighted by molar-refractivity contribution is 5.99. The van der Waals surface area contributed by atoms with Crippen molar-refractivity contribution in [2.75, 3.05) is 36.5 Å². The van der Waals surface area contributed by atoms with Crippen LogP contribution in [0, 0.1) is 6.92 Å². The van der Waals surface area contributed by atoms with E-state index in [-0.39, 0.29) is 22.9 Å². The van der Waals surface area contributed by atoms with Crippen LogP contribution in [0.25, 0.3) is 11.0 Å². The average Bonchev–Trinajstić information content (AvgIpc) is 3.41. The molecule has 39 heavy (non-hydrogen) atoms. The van der Waals surface area contributed by atoms with Crippen LogP contribution >= 0.6 is 0 Å². The van der Waals surface area contributed by atoms with Gasteiger partial charge >= 0.3 is 0 Å². The number of carbonyl (C=O) groups is 1. The lowest BCUT2D eigenvalue weighted by atomic mass is 9.90. The van der Waals surface area contributed by atoms with Crippen LogP contribution in [0.15, 0.2) is 29.2 Å². The summed E-state index contributed by atoms with van der Waals surface area (Å²) in [5.74, 6) is 1.08. The van der Waals surface area contributed by atoms with Crippen LogP contribution in [0.3, 0.4) is 0 Å². The van der Waals surface area contributed by atoms with Crippen LogP contribution in [0.4, 0.5) is 17.3 Å². The Labute approximate surface area is 228 Å². The molecule has 3 fully saturated rings. The third kappa shape index (κ3) is 4.18. The van der Waals surface area contributed by atoms with Crippen molar-refractivity contribution in [2.24, 2.45) is 0 Å². The smallest absolute Gasteiger partial charge is 0.263 e. The molecule has 1 aromatic carbocycles. The maximum absolute atomic E-state index is 13.5. The average molecular weight is 529 g/mol. The zero-order valence-corrected chi connectivity index (χ0v) is 22.8. The van der Waals surface area contributed by atoms with Gasteiger partial charge in [0.05, 0.1) is 17.3 Å². The molecule has 2 aromatic heterocycles. The summed E-state index contributed by atoms with van der Waals surface area (Å²) in [4.78, 5) is 40.4. The van der Waals surface area contributed by atoms with E-state index in [9.17, 15) is 9.59 Å². The highest BCUT2D eigenvalue weighted by Gasteiger charge is 2.36. The van der Waals surface area contributed by atoms with Crippen molar-refractivity contribution in [3.05, 3.63) is 45.9 Å². The molecule has 3 aromatic rings. The Morgan fingerprint density at radius 1 is 1.05 bits per heavy atom. The third-order valence-electron chi connectivity index (χ3n) is 9.31. The fourth-order valence-electron chi connectivity index (χ4n) is 6.99. The Balaban J connectivity index is 1.18. The lowest BCUT2D eigenvalue weighted by Crippen LogP contribution is -2.60. The SMILES string of the molecule is CC(=O)c1c(C)c2cnc(Nc3ccc4c(c3)OC[C@H]3CN(C5CCC5)CCN43)nc2n(C2CCCC2)c1=O. The van der Waals surface area contributed by atoms with Gasteiger partial charge in [0.1, 0.15) is 18.0 Å². The number of pyridine rings is 1. The first-order chi connectivity index (χ1) is 19.0. The summed E-state index contributed by atoms with van der Waals surface area (Å²) in [5, 5.41) is 4.09. The molecule has 0 amide bonds. The predicted molar refractivity (Wildman–Crippen MR) is 152 cm³/mol. The number of aryl methyl sites for hydroxylation is 1. The summed E-state index contributed by atoms with van der Waals surface area (Å²) in [6.45, 7) is 7.17. The highest BCUT2D eigenvalue weighted by Crippen LogP contribution is 2.39. The first kappa shape index (κ1) is 24.6. The van der Waals surface area contributed by atoms with Gasteiger partial charge in [-0.15, -0.1) is 0 Å². The van der Waals surface area contributed by atoms with Crippen molar-refractivity contribution >= 4 is 34.1 Å². The van der Waals surface area contributed by atoms with Gasteiger partial charge in [0, 0.05) is 55.1 Å². The quantitative estimate of drug-likeness (QED) is 0.481. The maximum atomic E-state index is 13.5. The monoisotopic (exact) mass is 528 g/mol. The molecule has 2 aliphatic heterocycles. The Morgan fingerprint density at radius 3 is 2.59 bits per heavy atom. The Kier molecular flexibility index (Phi) is 6.06. The minimum atomic E-state index is -0.238. The highest BCUT2D eigenvalue weighted by atomic mass is 16.5.